The summed E-state index contributed by atoms with van der Waals surface area (Å²) in [7, 11) is 1.57. The van der Waals surface area contributed by atoms with Crippen molar-refractivity contribution < 1.29 is 9.53 Å². The Morgan fingerprint density at radius 2 is 2.17 bits per heavy atom. The smallest absolute Gasteiger partial charge is 0.269 e. The number of aryl methyl sites for hydroxylation is 1. The maximum absolute atomic E-state index is 11.8. The first kappa shape index (κ1) is 12.1. The van der Waals surface area contributed by atoms with Gasteiger partial charge in [0.2, 0.25) is 0 Å². The molecule has 0 aliphatic carbocycles. The van der Waals surface area contributed by atoms with Gasteiger partial charge >= 0.3 is 0 Å². The fraction of sp³-hybridized carbons (Fsp3) is 0.167. The van der Waals surface area contributed by atoms with E-state index in [2.05, 4.69) is 15.6 Å². The number of benzene rings is 1. The quantitative estimate of drug-likeness (QED) is 0.428. The molecule has 0 unspecified atom stereocenters. The van der Waals surface area contributed by atoms with Gasteiger partial charge in [0, 0.05) is 11.3 Å². The lowest BCUT2D eigenvalue weighted by Gasteiger charge is -2.07. The summed E-state index contributed by atoms with van der Waals surface area (Å²) in [5.41, 5.74) is 4.45. The Kier molecular flexibility index (Phi) is 3.29. The first-order valence-corrected chi connectivity index (χ1v) is 5.38. The first-order valence-electron chi connectivity index (χ1n) is 5.38. The molecule has 0 spiro atoms. The van der Waals surface area contributed by atoms with E-state index < -0.39 is 0 Å². The maximum Gasteiger partial charge on any atom is 0.269 e. The number of rotatable bonds is 3. The van der Waals surface area contributed by atoms with Gasteiger partial charge in [-0.05, 0) is 19.1 Å². The Hall–Kier alpha value is -2.34. The zero-order valence-electron chi connectivity index (χ0n) is 10.2. The summed E-state index contributed by atoms with van der Waals surface area (Å²) in [5, 5.41) is 6.92. The Bertz CT molecular complexity index is 577. The second-order valence-corrected chi connectivity index (χ2v) is 3.75. The van der Waals surface area contributed by atoms with E-state index in [0.29, 0.717) is 22.7 Å². The number of carbonyl (C=O) groups excluding carboxylic acids is 1. The summed E-state index contributed by atoms with van der Waals surface area (Å²) >= 11 is 0. The van der Waals surface area contributed by atoms with E-state index in [1.807, 2.05) is 24.3 Å². The number of methoxy groups -OCH3 is 1. The third-order valence-electron chi connectivity index (χ3n) is 2.67. The number of aromatic amines is 1. The summed E-state index contributed by atoms with van der Waals surface area (Å²) < 4.78 is 5.26. The van der Waals surface area contributed by atoms with Crippen LogP contribution >= 0.6 is 0 Å². The van der Waals surface area contributed by atoms with Crippen LogP contribution in [0.2, 0.25) is 0 Å². The highest BCUT2D eigenvalue weighted by Crippen LogP contribution is 2.31. The Morgan fingerprint density at radius 1 is 1.44 bits per heavy atom. The number of hydrogen-bond acceptors (Lipinski definition) is 4. The van der Waals surface area contributed by atoms with E-state index >= 15 is 0 Å². The summed E-state index contributed by atoms with van der Waals surface area (Å²) in [4.78, 5) is 11.8. The largest absolute Gasteiger partial charge is 0.496 e. The zero-order chi connectivity index (χ0) is 13.1. The number of nitrogens with two attached hydrogens (primary N) is 1. The Morgan fingerprint density at radius 3 is 2.83 bits per heavy atom. The molecular formula is C12H14N4O2. The van der Waals surface area contributed by atoms with Crippen molar-refractivity contribution in [2.75, 3.05) is 7.11 Å². The van der Waals surface area contributed by atoms with Crippen LogP contribution in [-0.2, 0) is 0 Å². The third-order valence-corrected chi connectivity index (χ3v) is 2.67. The normalized spacial score (nSPS) is 10.2. The van der Waals surface area contributed by atoms with E-state index in [-0.39, 0.29) is 5.91 Å². The molecule has 2 rings (SSSR count). The van der Waals surface area contributed by atoms with Crippen molar-refractivity contribution in [3.8, 4) is 17.0 Å². The van der Waals surface area contributed by atoms with E-state index in [1.165, 1.54) is 0 Å². The van der Waals surface area contributed by atoms with E-state index in [1.54, 1.807) is 14.0 Å². The van der Waals surface area contributed by atoms with Gasteiger partial charge in [-0.15, -0.1) is 0 Å². The molecule has 0 aliphatic heterocycles. The lowest BCUT2D eigenvalue weighted by atomic mass is 10.0. The molecule has 1 aromatic carbocycles. The van der Waals surface area contributed by atoms with Crippen LogP contribution in [0.5, 0.6) is 5.75 Å². The summed E-state index contributed by atoms with van der Waals surface area (Å²) in [5.74, 6) is 5.44. The van der Waals surface area contributed by atoms with E-state index in [0.717, 1.165) is 5.56 Å². The van der Waals surface area contributed by atoms with Gasteiger partial charge in [-0.25, -0.2) is 5.84 Å². The monoisotopic (exact) mass is 246 g/mol. The number of nitrogens with zero attached hydrogens (tertiary/aromatic N) is 1. The van der Waals surface area contributed by atoms with E-state index in [4.69, 9.17) is 10.6 Å². The Labute approximate surface area is 104 Å². The lowest BCUT2D eigenvalue weighted by Crippen LogP contribution is -2.30. The highest BCUT2D eigenvalue weighted by atomic mass is 16.5. The fourth-order valence-electron chi connectivity index (χ4n) is 1.81. The van der Waals surface area contributed by atoms with Crippen LogP contribution in [0.4, 0.5) is 0 Å². The van der Waals surface area contributed by atoms with Crippen LogP contribution in [-0.4, -0.2) is 23.2 Å². The van der Waals surface area contributed by atoms with Gasteiger partial charge in [0.1, 0.15) is 11.4 Å². The van der Waals surface area contributed by atoms with Gasteiger partial charge in [0.15, 0.2) is 0 Å². The molecule has 1 heterocycles. The number of nitrogens with one attached hydrogen (secondary N) is 2. The average molecular weight is 246 g/mol. The van der Waals surface area contributed by atoms with Crippen LogP contribution in [0.25, 0.3) is 11.3 Å². The Balaban J connectivity index is 2.61. The van der Waals surface area contributed by atoms with Crippen molar-refractivity contribution in [1.29, 1.82) is 0 Å². The van der Waals surface area contributed by atoms with Gasteiger partial charge in [-0.2, -0.15) is 5.10 Å². The van der Waals surface area contributed by atoms with Gasteiger partial charge in [0.25, 0.3) is 5.91 Å². The van der Waals surface area contributed by atoms with Gasteiger partial charge in [0.05, 0.1) is 12.7 Å². The maximum atomic E-state index is 11.8. The molecule has 6 nitrogen and oxygen atoms in total. The van der Waals surface area contributed by atoms with Gasteiger partial charge in [-0.3, -0.25) is 15.3 Å². The van der Waals surface area contributed by atoms with Crippen LogP contribution in [0.3, 0.4) is 0 Å². The van der Waals surface area contributed by atoms with Crippen molar-refractivity contribution in [2.45, 2.75) is 6.92 Å². The highest BCUT2D eigenvalue weighted by Gasteiger charge is 2.20. The SMILES string of the molecule is COc1ccccc1-c1n[nH]c(C)c1C(=O)NN. The molecule has 1 aromatic heterocycles. The van der Waals surface area contributed by atoms with Gasteiger partial charge < -0.3 is 4.74 Å². The third kappa shape index (κ3) is 1.93. The average Bonchev–Trinajstić information content (AvgIpc) is 2.79. The fourth-order valence-corrected chi connectivity index (χ4v) is 1.81. The van der Waals surface area contributed by atoms with Crippen LogP contribution in [0, 0.1) is 6.92 Å². The minimum atomic E-state index is -0.387. The molecule has 0 bridgehead atoms. The van der Waals surface area contributed by atoms with Crippen molar-refractivity contribution in [3.63, 3.8) is 0 Å². The van der Waals surface area contributed by atoms with Crippen LogP contribution in [0.15, 0.2) is 24.3 Å². The van der Waals surface area contributed by atoms with Crippen molar-refractivity contribution in [3.05, 3.63) is 35.5 Å². The van der Waals surface area contributed by atoms with Crippen molar-refractivity contribution in [1.82, 2.24) is 15.6 Å². The number of H-pyrrole nitrogens is 1. The number of nitrogen functional groups attached to an aromatic ring is 1. The number of amides is 1. The molecule has 1 amide bonds. The molecule has 0 saturated carbocycles. The molecule has 4 N–H and O–H groups in total. The number of hydrazine groups is 1. The number of para-hydroxylation sites is 1. The minimum absolute atomic E-state index is 0.387. The molecule has 0 saturated heterocycles. The molecular weight excluding hydrogens is 232 g/mol. The predicted octanol–water partition coefficient (Wildman–Crippen LogP) is 0.997. The number of carbonyl (C=O) groups is 1. The predicted molar refractivity (Wildman–Crippen MR) is 67.0 cm³/mol. The topological polar surface area (TPSA) is 93.0 Å². The molecule has 0 atom stereocenters. The molecule has 6 heteroatoms. The van der Waals surface area contributed by atoms with Crippen molar-refractivity contribution >= 4 is 5.91 Å². The first-order chi connectivity index (χ1) is 8.69. The zero-order valence-corrected chi connectivity index (χ0v) is 10.2. The number of hydrogen-bond donors (Lipinski definition) is 3. The summed E-state index contributed by atoms with van der Waals surface area (Å²) in [6, 6.07) is 7.35. The summed E-state index contributed by atoms with van der Waals surface area (Å²) in [6.45, 7) is 1.76. The molecule has 0 aliphatic rings. The van der Waals surface area contributed by atoms with Crippen molar-refractivity contribution in [2.24, 2.45) is 5.84 Å². The highest BCUT2D eigenvalue weighted by molar-refractivity contribution is 6.01. The molecule has 2 aromatic rings. The number of ether oxygens (including phenoxy) is 1. The minimum Gasteiger partial charge on any atom is -0.496 e. The second kappa shape index (κ2) is 4.89. The molecule has 18 heavy (non-hydrogen) atoms. The van der Waals surface area contributed by atoms with Crippen LogP contribution in [0.1, 0.15) is 16.1 Å². The second-order valence-electron chi connectivity index (χ2n) is 3.75. The van der Waals surface area contributed by atoms with Crippen LogP contribution < -0.4 is 16.0 Å². The molecule has 0 radical (unpaired) electrons. The standard InChI is InChI=1S/C12H14N4O2/c1-7-10(12(17)14-13)11(16-15-7)8-5-3-4-6-9(8)18-2/h3-6H,13H2,1-2H3,(H,14,17)(H,15,16). The van der Waals surface area contributed by atoms with E-state index in [9.17, 15) is 4.79 Å². The summed E-state index contributed by atoms with van der Waals surface area (Å²) in [6.07, 6.45) is 0. The van der Waals surface area contributed by atoms with Gasteiger partial charge in [-0.1, -0.05) is 12.1 Å². The number of aromatic nitrogens is 2. The molecule has 94 valence electrons. The lowest BCUT2D eigenvalue weighted by molar-refractivity contribution is 0.0954. The molecule has 0 fully saturated rings.